The Hall–Kier alpha value is -6.18. The molecule has 2 aliphatic rings. The average Bonchev–Trinajstić information content (AvgIpc) is 3.04. The first-order valence-electron chi connectivity index (χ1n) is 16.2. The second-order valence-corrected chi connectivity index (χ2v) is 12.1. The molecular formula is C36H34F2N12. The summed E-state index contributed by atoms with van der Waals surface area (Å²) in [6.45, 7) is 7.92. The zero-order valence-corrected chi connectivity index (χ0v) is 27.6. The van der Waals surface area contributed by atoms with Gasteiger partial charge in [-0.2, -0.15) is 0 Å². The Balaban J connectivity index is 0.000000157. The Morgan fingerprint density at radius 2 is 0.860 bits per heavy atom. The second-order valence-electron chi connectivity index (χ2n) is 12.1. The topological polar surface area (TPSA) is 162 Å². The first kappa shape index (κ1) is 32.4. The van der Waals surface area contributed by atoms with Crippen LogP contribution in [-0.4, -0.2) is 66.5 Å². The molecule has 6 aromatic rings. The van der Waals surface area contributed by atoms with Gasteiger partial charge < -0.3 is 21.3 Å². The molecule has 2 saturated heterocycles. The minimum absolute atomic E-state index is 0.0804. The molecule has 252 valence electrons. The molecule has 0 bridgehead atoms. The number of hydrogen-bond acceptors (Lipinski definition) is 12. The fraction of sp³-hybridized carbons (Fsp3) is 0.222. The van der Waals surface area contributed by atoms with Gasteiger partial charge in [-0.25, -0.2) is 28.7 Å². The third kappa shape index (κ3) is 6.99. The van der Waals surface area contributed by atoms with Gasteiger partial charge in [-0.15, -0.1) is 20.4 Å². The summed E-state index contributed by atoms with van der Waals surface area (Å²) >= 11 is 0. The van der Waals surface area contributed by atoms with Gasteiger partial charge in [0.2, 0.25) is 11.9 Å². The lowest BCUT2D eigenvalue weighted by molar-refractivity contribution is 0.609. The predicted molar refractivity (Wildman–Crippen MR) is 189 cm³/mol. The molecule has 12 nitrogen and oxygen atoms in total. The summed E-state index contributed by atoms with van der Waals surface area (Å²) in [4.78, 5) is 22.3. The molecule has 2 fully saturated rings. The van der Waals surface area contributed by atoms with E-state index in [1.165, 1.54) is 37.1 Å². The van der Waals surface area contributed by atoms with Crippen LogP contribution in [0.2, 0.25) is 0 Å². The Bertz CT molecular complexity index is 2000. The van der Waals surface area contributed by atoms with E-state index in [0.29, 0.717) is 22.8 Å². The number of aryl methyl sites for hydroxylation is 2. The molecule has 0 amide bonds. The number of aromatic nitrogens is 8. The van der Waals surface area contributed by atoms with Crippen molar-refractivity contribution in [2.24, 2.45) is 0 Å². The molecule has 0 saturated carbocycles. The molecule has 14 heteroatoms. The molecule has 6 heterocycles. The highest BCUT2D eigenvalue weighted by Gasteiger charge is 2.21. The van der Waals surface area contributed by atoms with E-state index in [4.69, 9.17) is 11.5 Å². The first-order chi connectivity index (χ1) is 24.2. The lowest BCUT2D eigenvalue weighted by Gasteiger charge is -2.32. The van der Waals surface area contributed by atoms with Crippen molar-refractivity contribution in [2.75, 3.05) is 47.4 Å². The lowest BCUT2D eigenvalue weighted by atomic mass is 10.0. The lowest BCUT2D eigenvalue weighted by Crippen LogP contribution is -2.37. The number of rotatable bonds is 6. The minimum Gasteiger partial charge on any atom is -0.366 e. The van der Waals surface area contributed by atoms with Crippen LogP contribution < -0.4 is 21.3 Å². The quantitative estimate of drug-likeness (QED) is 0.223. The van der Waals surface area contributed by atoms with E-state index in [9.17, 15) is 8.78 Å². The molecule has 0 radical (unpaired) electrons. The number of hydrogen-bond donors (Lipinski definition) is 2. The summed E-state index contributed by atoms with van der Waals surface area (Å²) in [6, 6.07) is 20.1. The molecule has 0 atom stereocenters. The van der Waals surface area contributed by atoms with Gasteiger partial charge in [-0.3, -0.25) is 0 Å². The van der Waals surface area contributed by atoms with Crippen molar-refractivity contribution in [3.05, 3.63) is 95.8 Å². The van der Waals surface area contributed by atoms with Crippen LogP contribution in [0.3, 0.4) is 0 Å². The molecule has 50 heavy (non-hydrogen) atoms. The fourth-order valence-electron chi connectivity index (χ4n) is 5.67. The van der Waals surface area contributed by atoms with Crippen LogP contribution in [0.5, 0.6) is 0 Å². The van der Waals surface area contributed by atoms with Gasteiger partial charge in [-0.1, -0.05) is 0 Å². The monoisotopic (exact) mass is 672 g/mol. The van der Waals surface area contributed by atoms with Crippen LogP contribution in [0.4, 0.5) is 32.3 Å². The van der Waals surface area contributed by atoms with E-state index in [1.807, 2.05) is 38.1 Å². The Morgan fingerprint density at radius 3 is 1.20 bits per heavy atom. The van der Waals surface area contributed by atoms with E-state index in [1.54, 1.807) is 24.3 Å². The van der Waals surface area contributed by atoms with Crippen molar-refractivity contribution in [3.8, 4) is 45.0 Å². The van der Waals surface area contributed by atoms with Crippen molar-refractivity contribution >= 4 is 23.5 Å². The molecule has 0 spiro atoms. The number of nitrogens with zero attached hydrogens (tertiary/aromatic N) is 10. The average molecular weight is 673 g/mol. The number of nitrogens with two attached hydrogens (primary N) is 2. The highest BCUT2D eigenvalue weighted by atomic mass is 19.1. The van der Waals surface area contributed by atoms with E-state index in [2.05, 4.69) is 50.1 Å². The molecule has 4 N–H and O–H groups in total. The highest BCUT2D eigenvalue weighted by Crippen LogP contribution is 2.33. The zero-order chi connectivity index (χ0) is 34.8. The Morgan fingerprint density at radius 1 is 0.480 bits per heavy atom. The van der Waals surface area contributed by atoms with E-state index < -0.39 is 0 Å². The van der Waals surface area contributed by atoms with Crippen LogP contribution in [-0.2, 0) is 0 Å². The van der Waals surface area contributed by atoms with Gasteiger partial charge in [0.15, 0.2) is 0 Å². The predicted octanol–water partition coefficient (Wildman–Crippen LogP) is 5.68. The summed E-state index contributed by atoms with van der Waals surface area (Å²) in [6.07, 6.45) is 2.35. The maximum atomic E-state index is 13.3. The molecular weight excluding hydrogens is 638 g/mol. The van der Waals surface area contributed by atoms with Crippen molar-refractivity contribution in [1.29, 1.82) is 0 Å². The van der Waals surface area contributed by atoms with Gasteiger partial charge >= 0.3 is 0 Å². The van der Waals surface area contributed by atoms with Crippen molar-refractivity contribution < 1.29 is 8.78 Å². The third-order valence-corrected chi connectivity index (χ3v) is 8.43. The highest BCUT2D eigenvalue weighted by molar-refractivity contribution is 5.80. The first-order valence-corrected chi connectivity index (χ1v) is 16.2. The Kier molecular flexibility index (Phi) is 8.90. The van der Waals surface area contributed by atoms with E-state index in [-0.39, 0.29) is 23.5 Å². The minimum atomic E-state index is -0.305. The van der Waals surface area contributed by atoms with Crippen molar-refractivity contribution in [1.82, 2.24) is 40.3 Å². The maximum Gasteiger partial charge on any atom is 0.240 e. The summed E-state index contributed by atoms with van der Waals surface area (Å²) in [5, 5.41) is 16.3. The molecule has 0 aliphatic carbocycles. The van der Waals surface area contributed by atoms with Crippen LogP contribution >= 0.6 is 0 Å². The molecule has 2 aromatic carbocycles. The number of nitrogen functional groups attached to an aromatic ring is 2. The third-order valence-electron chi connectivity index (χ3n) is 8.43. The number of anilines is 4. The molecule has 0 unspecified atom stereocenters. The van der Waals surface area contributed by atoms with Gasteiger partial charge in [0.1, 0.15) is 46.0 Å². The molecule has 8 rings (SSSR count). The summed E-state index contributed by atoms with van der Waals surface area (Å²) in [5.74, 6) is 1.39. The number of pyridine rings is 2. The summed E-state index contributed by atoms with van der Waals surface area (Å²) < 4.78 is 26.5. The summed E-state index contributed by atoms with van der Waals surface area (Å²) in [7, 11) is 0. The van der Waals surface area contributed by atoms with Gasteiger partial charge in [0, 0.05) is 59.8 Å². The molecule has 4 aromatic heterocycles. The standard InChI is InChI=1S/2C18H17FN6/c2*1-11-9-13(10-15(21-11)25-7-2-8-25)17-16(22-18(20)24-23-17)12-3-5-14(19)6-4-12/h2*3-6,9-10H,2,7-8H2,1H3,(H2,20,22,24). The van der Waals surface area contributed by atoms with Crippen molar-refractivity contribution in [3.63, 3.8) is 0 Å². The second kappa shape index (κ2) is 13.7. The summed E-state index contributed by atoms with van der Waals surface area (Å²) in [5.41, 5.74) is 18.8. The fourth-order valence-corrected chi connectivity index (χ4v) is 5.67. The maximum absolute atomic E-state index is 13.3. The Labute approximate surface area is 287 Å². The van der Waals surface area contributed by atoms with Crippen LogP contribution in [0.15, 0.2) is 72.8 Å². The van der Waals surface area contributed by atoms with Gasteiger partial charge in [-0.05, 0) is 99.5 Å². The SMILES string of the molecule is Cc1cc(-c2nnc(N)nc2-c2ccc(F)cc2)cc(N2CCC2)n1.Cc1cc(-c2nnc(N)nc2-c2ccc(F)cc2)cc(N2CCC2)n1. The van der Waals surface area contributed by atoms with Crippen LogP contribution in [0.1, 0.15) is 24.2 Å². The smallest absolute Gasteiger partial charge is 0.240 e. The van der Waals surface area contributed by atoms with E-state index in [0.717, 1.165) is 71.5 Å². The van der Waals surface area contributed by atoms with Crippen LogP contribution in [0, 0.1) is 25.5 Å². The largest absolute Gasteiger partial charge is 0.366 e. The molecule has 2 aliphatic heterocycles. The normalized spacial score (nSPS) is 13.6. The number of benzene rings is 2. The van der Waals surface area contributed by atoms with Crippen molar-refractivity contribution in [2.45, 2.75) is 26.7 Å². The number of halogens is 2. The van der Waals surface area contributed by atoms with E-state index >= 15 is 0 Å². The zero-order valence-electron chi connectivity index (χ0n) is 27.6. The van der Waals surface area contributed by atoms with Gasteiger partial charge in [0.25, 0.3) is 0 Å². The van der Waals surface area contributed by atoms with Crippen LogP contribution in [0.25, 0.3) is 45.0 Å². The van der Waals surface area contributed by atoms with Gasteiger partial charge in [0.05, 0.1) is 0 Å².